The fraction of sp³-hybridized carbons (Fsp3) is 0.194. The van der Waals surface area contributed by atoms with Crippen LogP contribution in [0.5, 0.6) is 5.75 Å². The SMILES string of the molecule is COc1ccc(S(=O)(=O)N(CC(N)=O)c2ccc(N(CC(N)=O)S(=O)(=O)c3ccc(NC(=O)C4CCN4)cc3)c3ccccc23)cc1. The zero-order chi connectivity index (χ0) is 33.9. The molecule has 0 bridgehead atoms. The smallest absolute Gasteiger partial charge is 0.264 e. The summed E-state index contributed by atoms with van der Waals surface area (Å²) in [5.74, 6) is -1.71. The first-order chi connectivity index (χ1) is 22.3. The lowest BCUT2D eigenvalue weighted by Gasteiger charge is -2.28. The summed E-state index contributed by atoms with van der Waals surface area (Å²) in [5.41, 5.74) is 11.4. The molecule has 0 aliphatic carbocycles. The number of nitrogens with one attached hydrogen (secondary N) is 2. The van der Waals surface area contributed by atoms with Crippen molar-refractivity contribution in [3.8, 4) is 5.75 Å². The summed E-state index contributed by atoms with van der Waals surface area (Å²) < 4.78 is 62.5. The summed E-state index contributed by atoms with van der Waals surface area (Å²) in [6.45, 7) is -0.727. The number of amides is 3. The van der Waals surface area contributed by atoms with E-state index in [-0.39, 0.29) is 43.9 Å². The number of anilines is 3. The van der Waals surface area contributed by atoms with Crippen molar-refractivity contribution in [3.05, 3.63) is 84.9 Å². The molecule has 0 aromatic heterocycles. The average molecular weight is 681 g/mol. The molecular weight excluding hydrogens is 649 g/mol. The van der Waals surface area contributed by atoms with Crippen molar-refractivity contribution in [2.45, 2.75) is 22.3 Å². The van der Waals surface area contributed by atoms with Gasteiger partial charge in [-0.3, -0.25) is 23.0 Å². The fourth-order valence-electron chi connectivity index (χ4n) is 5.04. The molecule has 1 aliphatic heterocycles. The van der Waals surface area contributed by atoms with Gasteiger partial charge in [-0.25, -0.2) is 16.8 Å². The highest BCUT2D eigenvalue weighted by Gasteiger charge is 2.32. The Hall–Kier alpha value is -5.19. The van der Waals surface area contributed by atoms with E-state index in [1.165, 1.54) is 67.8 Å². The molecule has 1 atom stereocenters. The van der Waals surface area contributed by atoms with Crippen molar-refractivity contribution in [2.75, 3.05) is 40.7 Å². The van der Waals surface area contributed by atoms with Crippen molar-refractivity contribution in [3.63, 3.8) is 0 Å². The summed E-state index contributed by atoms with van der Waals surface area (Å²) in [4.78, 5) is 36.3. The van der Waals surface area contributed by atoms with E-state index < -0.39 is 45.0 Å². The topological polar surface area (TPSA) is 211 Å². The molecule has 0 radical (unpaired) electrons. The molecule has 246 valence electrons. The maximum absolute atomic E-state index is 14.0. The van der Waals surface area contributed by atoms with Crippen LogP contribution < -0.4 is 35.4 Å². The highest BCUT2D eigenvalue weighted by Crippen LogP contribution is 2.38. The number of hydrogen-bond donors (Lipinski definition) is 4. The predicted octanol–water partition coefficient (Wildman–Crippen LogP) is 1.51. The zero-order valence-corrected chi connectivity index (χ0v) is 26.8. The molecule has 6 N–H and O–H groups in total. The van der Waals surface area contributed by atoms with E-state index in [1.54, 1.807) is 24.3 Å². The van der Waals surface area contributed by atoms with E-state index in [9.17, 15) is 31.2 Å². The quantitative estimate of drug-likeness (QED) is 0.161. The summed E-state index contributed by atoms with van der Waals surface area (Å²) in [6, 6.07) is 19.7. The molecular formula is C31H32N6O8S2. The van der Waals surface area contributed by atoms with Crippen LogP contribution in [-0.2, 0) is 34.4 Å². The van der Waals surface area contributed by atoms with E-state index in [4.69, 9.17) is 16.2 Å². The first-order valence-corrected chi connectivity index (χ1v) is 17.1. The Bertz CT molecular complexity index is 2050. The van der Waals surface area contributed by atoms with Gasteiger partial charge in [-0.1, -0.05) is 24.3 Å². The standard InChI is InChI=1S/C31H32N6O8S2/c1-45-21-8-12-23(13-9-21)47(43,44)37(19-30(33)39)28-15-14-27(24-4-2-3-5-25(24)28)36(18-29(32)38)46(41,42)22-10-6-20(7-11-22)35-31(40)26-16-17-34-26/h2-15,26,34H,16-19H2,1H3,(H2,32,38)(H2,33,39)(H,35,40). The second-order valence-electron chi connectivity index (χ2n) is 10.6. The number of carbonyl (C=O) groups excluding carboxylic acids is 3. The van der Waals surface area contributed by atoms with Crippen LogP contribution in [0.15, 0.2) is 94.7 Å². The van der Waals surface area contributed by atoms with Crippen LogP contribution in [0.3, 0.4) is 0 Å². The predicted molar refractivity (Wildman–Crippen MR) is 176 cm³/mol. The molecule has 0 spiro atoms. The third kappa shape index (κ3) is 6.84. The normalized spacial score (nSPS) is 14.5. The first-order valence-electron chi connectivity index (χ1n) is 14.2. The Morgan fingerprint density at radius 3 is 1.60 bits per heavy atom. The number of ether oxygens (including phenoxy) is 1. The minimum absolute atomic E-state index is 0.0254. The van der Waals surface area contributed by atoms with Crippen molar-refractivity contribution in [2.24, 2.45) is 11.5 Å². The molecule has 1 saturated heterocycles. The first kappa shape index (κ1) is 33.2. The lowest BCUT2D eigenvalue weighted by atomic mass is 10.1. The molecule has 0 saturated carbocycles. The molecule has 1 unspecified atom stereocenters. The molecule has 1 aliphatic rings. The van der Waals surface area contributed by atoms with Gasteiger partial charge in [0.1, 0.15) is 18.8 Å². The second-order valence-corrected chi connectivity index (χ2v) is 14.3. The van der Waals surface area contributed by atoms with Gasteiger partial charge in [0, 0.05) is 16.5 Å². The largest absolute Gasteiger partial charge is 0.497 e. The van der Waals surface area contributed by atoms with E-state index in [2.05, 4.69) is 10.6 Å². The van der Waals surface area contributed by atoms with E-state index in [0.717, 1.165) is 15.2 Å². The van der Waals surface area contributed by atoms with Gasteiger partial charge in [0.05, 0.1) is 34.3 Å². The monoisotopic (exact) mass is 680 g/mol. The van der Waals surface area contributed by atoms with Gasteiger partial charge in [-0.15, -0.1) is 0 Å². The Morgan fingerprint density at radius 1 is 0.766 bits per heavy atom. The molecule has 3 amide bonds. The molecule has 1 heterocycles. The van der Waals surface area contributed by atoms with Crippen molar-refractivity contribution >= 4 is 65.6 Å². The van der Waals surface area contributed by atoms with Crippen LogP contribution in [0.1, 0.15) is 6.42 Å². The highest BCUT2D eigenvalue weighted by molar-refractivity contribution is 7.93. The number of methoxy groups -OCH3 is 1. The second kappa shape index (κ2) is 13.3. The Morgan fingerprint density at radius 2 is 1.21 bits per heavy atom. The summed E-state index contributed by atoms with van der Waals surface area (Å²) in [7, 11) is -7.37. The Balaban J connectivity index is 1.58. The molecule has 4 aromatic rings. The van der Waals surface area contributed by atoms with E-state index in [1.807, 2.05) is 0 Å². The van der Waals surface area contributed by atoms with Crippen molar-refractivity contribution < 1.29 is 36.0 Å². The number of sulfonamides is 2. The maximum Gasteiger partial charge on any atom is 0.264 e. The van der Waals surface area contributed by atoms with Crippen LogP contribution in [0.4, 0.5) is 17.1 Å². The molecule has 16 heteroatoms. The van der Waals surface area contributed by atoms with Crippen LogP contribution >= 0.6 is 0 Å². The number of carbonyl (C=O) groups is 3. The van der Waals surface area contributed by atoms with Crippen LogP contribution in [0, 0.1) is 0 Å². The van der Waals surface area contributed by atoms with Gasteiger partial charge < -0.3 is 26.8 Å². The number of rotatable bonds is 13. The maximum atomic E-state index is 14.0. The number of nitrogens with zero attached hydrogens (tertiary/aromatic N) is 2. The van der Waals surface area contributed by atoms with Gasteiger partial charge in [0.25, 0.3) is 20.0 Å². The van der Waals surface area contributed by atoms with Crippen LogP contribution in [0.2, 0.25) is 0 Å². The molecule has 4 aromatic carbocycles. The van der Waals surface area contributed by atoms with Crippen molar-refractivity contribution in [1.29, 1.82) is 0 Å². The van der Waals surface area contributed by atoms with Gasteiger partial charge in [-0.2, -0.15) is 0 Å². The molecule has 5 rings (SSSR count). The number of primary amides is 2. The van der Waals surface area contributed by atoms with Gasteiger partial charge >= 0.3 is 0 Å². The average Bonchev–Trinajstić information content (AvgIpc) is 3.01. The van der Waals surface area contributed by atoms with Gasteiger partial charge in [0.2, 0.25) is 17.7 Å². The van der Waals surface area contributed by atoms with E-state index >= 15 is 0 Å². The van der Waals surface area contributed by atoms with Crippen LogP contribution in [0.25, 0.3) is 10.8 Å². The summed E-state index contributed by atoms with van der Waals surface area (Å²) in [5, 5.41) is 6.20. The third-order valence-electron chi connectivity index (χ3n) is 7.51. The van der Waals surface area contributed by atoms with Crippen LogP contribution in [-0.4, -0.2) is 67.3 Å². The molecule has 1 fully saturated rings. The Labute approximate surface area is 271 Å². The lowest BCUT2D eigenvalue weighted by Crippen LogP contribution is -2.50. The van der Waals surface area contributed by atoms with Gasteiger partial charge in [-0.05, 0) is 73.6 Å². The number of nitrogens with two attached hydrogens (primary N) is 2. The summed E-state index contributed by atoms with van der Waals surface area (Å²) in [6.07, 6.45) is 0.695. The lowest BCUT2D eigenvalue weighted by molar-refractivity contribution is -0.119. The summed E-state index contributed by atoms with van der Waals surface area (Å²) >= 11 is 0. The highest BCUT2D eigenvalue weighted by atomic mass is 32.2. The Kier molecular flexibility index (Phi) is 9.37. The minimum atomic E-state index is -4.44. The molecule has 47 heavy (non-hydrogen) atoms. The van der Waals surface area contributed by atoms with E-state index in [0.29, 0.717) is 17.9 Å². The minimum Gasteiger partial charge on any atom is -0.497 e. The third-order valence-corrected chi connectivity index (χ3v) is 11.1. The number of benzene rings is 4. The molecule has 14 nitrogen and oxygen atoms in total. The van der Waals surface area contributed by atoms with Crippen molar-refractivity contribution in [1.82, 2.24) is 5.32 Å². The number of hydrogen-bond acceptors (Lipinski definition) is 9. The fourth-order valence-corrected chi connectivity index (χ4v) is 7.94. The number of fused-ring (bicyclic) bond motifs is 1. The zero-order valence-electron chi connectivity index (χ0n) is 25.1. The van der Waals surface area contributed by atoms with Gasteiger partial charge in [0.15, 0.2) is 0 Å².